The smallest absolute Gasteiger partial charge is 0.274 e. The molecule has 1 fully saturated rings. The van der Waals surface area contributed by atoms with Crippen molar-refractivity contribution in [3.63, 3.8) is 0 Å². The number of pyridine rings is 2. The first-order valence-electron chi connectivity index (χ1n) is 12.1. The topological polar surface area (TPSA) is 110 Å². The molecule has 0 spiro atoms. The van der Waals surface area contributed by atoms with E-state index < -0.39 is 34.6 Å². The Kier molecular flexibility index (Phi) is 7.87. The number of carbonyl (C=O) groups is 2. The number of hydrogen-bond donors (Lipinski definition) is 3. The van der Waals surface area contributed by atoms with Crippen LogP contribution in [0.25, 0.3) is 11.3 Å². The third-order valence-electron chi connectivity index (χ3n) is 6.76. The van der Waals surface area contributed by atoms with Crippen LogP contribution in [0, 0.1) is 23.4 Å². The van der Waals surface area contributed by atoms with Crippen LogP contribution in [0.3, 0.4) is 0 Å². The van der Waals surface area contributed by atoms with Crippen molar-refractivity contribution in [2.45, 2.75) is 51.1 Å². The molecule has 0 aliphatic heterocycles. The molecule has 4 N–H and O–H groups in total. The molecule has 2 heterocycles. The van der Waals surface area contributed by atoms with Gasteiger partial charge in [-0.2, -0.15) is 0 Å². The zero-order chi connectivity index (χ0) is 26.7. The maximum absolute atomic E-state index is 14.4. The summed E-state index contributed by atoms with van der Waals surface area (Å²) in [4.78, 5) is 33.0. The minimum absolute atomic E-state index is 0.0117. The van der Waals surface area contributed by atoms with Crippen LogP contribution < -0.4 is 16.4 Å². The molecular formula is C27H28F3N5O2. The lowest BCUT2D eigenvalue weighted by molar-refractivity contribution is -0.122. The second-order valence-electron chi connectivity index (χ2n) is 9.30. The Morgan fingerprint density at radius 3 is 2.46 bits per heavy atom. The summed E-state index contributed by atoms with van der Waals surface area (Å²) >= 11 is 0. The van der Waals surface area contributed by atoms with Crippen molar-refractivity contribution in [3.8, 4) is 11.3 Å². The van der Waals surface area contributed by atoms with Gasteiger partial charge in [0.1, 0.15) is 28.8 Å². The Balaban J connectivity index is 1.57. The van der Waals surface area contributed by atoms with Crippen molar-refractivity contribution in [2.24, 2.45) is 11.7 Å². The molecule has 37 heavy (non-hydrogen) atoms. The van der Waals surface area contributed by atoms with Crippen LogP contribution in [0.4, 0.5) is 18.9 Å². The number of nitrogens with zero attached hydrogens (tertiary/aromatic N) is 2. The lowest BCUT2D eigenvalue weighted by atomic mass is 9.73. The maximum atomic E-state index is 14.4. The van der Waals surface area contributed by atoms with E-state index >= 15 is 0 Å². The number of halogens is 3. The molecule has 0 bridgehead atoms. The normalized spacial score (nSPS) is 21.4. The van der Waals surface area contributed by atoms with E-state index in [1.807, 2.05) is 6.92 Å². The number of nitrogens with two attached hydrogens (primary N) is 1. The molecule has 2 aromatic heterocycles. The highest BCUT2D eigenvalue weighted by atomic mass is 19.1. The van der Waals surface area contributed by atoms with Gasteiger partial charge in [-0.1, -0.05) is 19.9 Å². The zero-order valence-corrected chi connectivity index (χ0v) is 20.5. The predicted molar refractivity (Wildman–Crippen MR) is 133 cm³/mol. The van der Waals surface area contributed by atoms with E-state index in [4.69, 9.17) is 5.73 Å². The highest BCUT2D eigenvalue weighted by molar-refractivity contribution is 6.03. The third kappa shape index (κ3) is 5.64. The number of anilines is 1. The first-order valence-corrected chi connectivity index (χ1v) is 12.1. The van der Waals surface area contributed by atoms with E-state index in [9.17, 15) is 22.8 Å². The highest BCUT2D eigenvalue weighted by Gasteiger charge is 2.36. The number of hydrogen-bond acceptors (Lipinski definition) is 5. The van der Waals surface area contributed by atoms with Crippen LogP contribution in [0.2, 0.25) is 0 Å². The van der Waals surface area contributed by atoms with Gasteiger partial charge in [0.25, 0.3) is 5.91 Å². The lowest BCUT2D eigenvalue weighted by Crippen LogP contribution is -2.54. The predicted octanol–water partition coefficient (Wildman–Crippen LogP) is 4.55. The van der Waals surface area contributed by atoms with Crippen LogP contribution in [0.5, 0.6) is 0 Å². The monoisotopic (exact) mass is 511 g/mol. The van der Waals surface area contributed by atoms with E-state index in [-0.39, 0.29) is 35.5 Å². The first-order chi connectivity index (χ1) is 17.7. The molecule has 4 rings (SSSR count). The minimum Gasteiger partial charge on any atom is -0.352 e. The number of rotatable bonds is 6. The van der Waals surface area contributed by atoms with Crippen LogP contribution in [0.1, 0.15) is 55.1 Å². The molecular weight excluding hydrogens is 483 g/mol. The molecule has 7 nitrogen and oxygen atoms in total. The van der Waals surface area contributed by atoms with Crippen molar-refractivity contribution >= 4 is 17.5 Å². The van der Waals surface area contributed by atoms with Gasteiger partial charge < -0.3 is 16.4 Å². The van der Waals surface area contributed by atoms with Gasteiger partial charge in [0.05, 0.1) is 17.4 Å². The van der Waals surface area contributed by atoms with Crippen molar-refractivity contribution in [3.05, 3.63) is 77.5 Å². The summed E-state index contributed by atoms with van der Waals surface area (Å²) in [6, 6.07) is 6.59. The van der Waals surface area contributed by atoms with E-state index in [1.54, 1.807) is 19.2 Å². The van der Waals surface area contributed by atoms with Gasteiger partial charge in [-0.05, 0) is 60.6 Å². The van der Waals surface area contributed by atoms with Crippen LogP contribution >= 0.6 is 0 Å². The number of nitrogens with one attached hydrogen (secondary N) is 2. The highest BCUT2D eigenvalue weighted by Crippen LogP contribution is 2.38. The van der Waals surface area contributed by atoms with E-state index in [2.05, 4.69) is 20.6 Å². The SMILES string of the molecule is CCC(=O)N[C@@H]1[C@H](N)C[C@H](c2ccncc2NC(=O)c2ccc(F)c(-c3c(F)cccc3F)n2)C[C@@H]1C. The number of aromatic nitrogens is 2. The molecule has 4 atom stereocenters. The summed E-state index contributed by atoms with van der Waals surface area (Å²) in [6.45, 7) is 3.81. The average molecular weight is 512 g/mol. The van der Waals surface area contributed by atoms with E-state index in [1.165, 1.54) is 6.20 Å². The fourth-order valence-electron chi connectivity index (χ4n) is 4.90. The molecule has 10 heteroatoms. The van der Waals surface area contributed by atoms with Gasteiger partial charge >= 0.3 is 0 Å². The molecule has 0 saturated heterocycles. The van der Waals surface area contributed by atoms with Crippen molar-refractivity contribution in [1.82, 2.24) is 15.3 Å². The first kappa shape index (κ1) is 26.3. The standard InChI is InChI=1S/C27H28F3N5O2/c1-3-23(36)35-25-14(2)11-15(12-20(25)31)16-9-10-32-13-22(16)34-27(37)21-8-7-19(30)26(33-21)24-17(28)5-4-6-18(24)29/h4-10,13-15,20,25H,3,11-12,31H2,1-2H3,(H,34,37)(H,35,36)/t14-,15+,20+,25-/m0/s1. The Hall–Kier alpha value is -3.79. The van der Waals surface area contributed by atoms with Crippen molar-refractivity contribution < 1.29 is 22.8 Å². The Morgan fingerprint density at radius 1 is 1.05 bits per heavy atom. The molecule has 194 valence electrons. The second kappa shape index (κ2) is 11.1. The summed E-state index contributed by atoms with van der Waals surface area (Å²) in [5, 5.41) is 5.75. The Labute approximate surface area is 212 Å². The second-order valence-corrected chi connectivity index (χ2v) is 9.30. The zero-order valence-electron chi connectivity index (χ0n) is 20.5. The maximum Gasteiger partial charge on any atom is 0.274 e. The van der Waals surface area contributed by atoms with Gasteiger partial charge in [-0.25, -0.2) is 18.2 Å². The minimum atomic E-state index is -0.991. The fourth-order valence-corrected chi connectivity index (χ4v) is 4.90. The van der Waals surface area contributed by atoms with E-state index in [0.717, 1.165) is 42.3 Å². The summed E-state index contributed by atoms with van der Waals surface area (Å²) in [6.07, 6.45) is 4.79. The summed E-state index contributed by atoms with van der Waals surface area (Å²) in [5.74, 6) is -3.60. The molecule has 1 aromatic carbocycles. The van der Waals surface area contributed by atoms with E-state index in [0.29, 0.717) is 18.5 Å². The van der Waals surface area contributed by atoms with Crippen molar-refractivity contribution in [2.75, 3.05) is 5.32 Å². The van der Waals surface area contributed by atoms with Crippen LogP contribution in [-0.2, 0) is 4.79 Å². The number of amides is 2. The van der Waals surface area contributed by atoms with Gasteiger partial charge in [0, 0.05) is 24.7 Å². The third-order valence-corrected chi connectivity index (χ3v) is 6.76. The molecule has 2 amide bonds. The Morgan fingerprint density at radius 2 is 1.78 bits per heavy atom. The summed E-state index contributed by atoms with van der Waals surface area (Å²) in [5.41, 5.74) is 6.21. The summed E-state index contributed by atoms with van der Waals surface area (Å²) in [7, 11) is 0. The average Bonchev–Trinajstić information content (AvgIpc) is 2.87. The Bertz CT molecular complexity index is 1290. The fraction of sp³-hybridized carbons (Fsp3) is 0.333. The van der Waals surface area contributed by atoms with Gasteiger partial charge in [-0.3, -0.25) is 14.6 Å². The number of benzene rings is 1. The molecule has 0 radical (unpaired) electrons. The molecule has 1 saturated carbocycles. The van der Waals surface area contributed by atoms with Gasteiger partial charge in [0.2, 0.25) is 5.91 Å². The number of carbonyl (C=O) groups excluding carboxylic acids is 2. The van der Waals surface area contributed by atoms with Gasteiger partial charge in [0.15, 0.2) is 0 Å². The lowest BCUT2D eigenvalue weighted by Gasteiger charge is -2.39. The largest absolute Gasteiger partial charge is 0.352 e. The summed E-state index contributed by atoms with van der Waals surface area (Å²) < 4.78 is 42.9. The molecule has 3 aromatic rings. The van der Waals surface area contributed by atoms with Crippen LogP contribution in [0.15, 0.2) is 48.8 Å². The van der Waals surface area contributed by atoms with Crippen LogP contribution in [-0.4, -0.2) is 33.9 Å². The molecule has 1 aliphatic rings. The molecule has 0 unspecified atom stereocenters. The van der Waals surface area contributed by atoms with Crippen molar-refractivity contribution in [1.29, 1.82) is 0 Å². The van der Waals surface area contributed by atoms with Gasteiger partial charge in [-0.15, -0.1) is 0 Å². The molecule has 1 aliphatic carbocycles. The quantitative estimate of drug-likeness (QED) is 0.450.